The number of methoxy groups -OCH3 is 1. The molecule has 1 unspecified atom stereocenters. The molecule has 29 heavy (non-hydrogen) atoms. The van der Waals surface area contributed by atoms with Gasteiger partial charge in [0.2, 0.25) is 11.2 Å². The zero-order valence-electron chi connectivity index (χ0n) is 15.8. The normalized spacial score (nSPS) is 11.5. The van der Waals surface area contributed by atoms with Gasteiger partial charge in [-0.05, 0) is 31.2 Å². The molecule has 8 heteroatoms. The van der Waals surface area contributed by atoms with Crippen LogP contribution in [-0.2, 0) is 14.3 Å². The molecule has 0 aliphatic heterocycles. The smallest absolute Gasteiger partial charge is 0.328 e. The fourth-order valence-corrected chi connectivity index (χ4v) is 2.53. The van der Waals surface area contributed by atoms with Crippen molar-refractivity contribution in [2.45, 2.75) is 13.0 Å². The highest BCUT2D eigenvalue weighted by Crippen LogP contribution is 2.23. The van der Waals surface area contributed by atoms with Gasteiger partial charge in [-0.1, -0.05) is 18.2 Å². The Morgan fingerprint density at radius 1 is 1.10 bits per heavy atom. The van der Waals surface area contributed by atoms with Crippen LogP contribution in [0.25, 0.3) is 11.0 Å². The van der Waals surface area contributed by atoms with Crippen molar-refractivity contribution >= 4 is 22.8 Å². The molecule has 1 heterocycles. The van der Waals surface area contributed by atoms with Gasteiger partial charge in [-0.3, -0.25) is 9.59 Å². The van der Waals surface area contributed by atoms with E-state index in [4.69, 9.17) is 13.9 Å². The number of hydrogen-bond acceptors (Lipinski definition) is 7. The number of carbonyl (C=O) groups excluding carboxylic acids is 2. The Labute approximate surface area is 166 Å². The maximum Gasteiger partial charge on any atom is 0.328 e. The number of benzene rings is 2. The van der Waals surface area contributed by atoms with Crippen LogP contribution in [0.2, 0.25) is 0 Å². The molecular weight excluding hydrogens is 378 g/mol. The highest BCUT2D eigenvalue weighted by atomic mass is 16.5. The molecule has 0 radical (unpaired) electrons. The van der Waals surface area contributed by atoms with Crippen LogP contribution in [0, 0.1) is 0 Å². The first-order valence-electron chi connectivity index (χ1n) is 8.76. The fourth-order valence-electron chi connectivity index (χ4n) is 2.53. The van der Waals surface area contributed by atoms with Crippen molar-refractivity contribution in [3.8, 4) is 17.2 Å². The Hall–Kier alpha value is -3.81. The first-order chi connectivity index (χ1) is 14.0. The predicted octanol–water partition coefficient (Wildman–Crippen LogP) is 2.64. The van der Waals surface area contributed by atoms with Crippen molar-refractivity contribution in [3.63, 3.8) is 0 Å². The zero-order valence-corrected chi connectivity index (χ0v) is 15.8. The van der Waals surface area contributed by atoms with Gasteiger partial charge in [-0.15, -0.1) is 0 Å². The lowest BCUT2D eigenvalue weighted by Gasteiger charge is -2.12. The van der Waals surface area contributed by atoms with Crippen molar-refractivity contribution in [1.29, 1.82) is 0 Å². The molecular formula is C21H19NO7. The number of nitrogens with one attached hydrogen (secondary N) is 1. The highest BCUT2D eigenvalue weighted by molar-refractivity contribution is 5.85. The Morgan fingerprint density at radius 3 is 2.59 bits per heavy atom. The topological polar surface area (TPSA) is 104 Å². The Bertz CT molecular complexity index is 1080. The van der Waals surface area contributed by atoms with E-state index in [9.17, 15) is 14.4 Å². The molecule has 0 spiro atoms. The second kappa shape index (κ2) is 8.92. The molecule has 150 valence electrons. The van der Waals surface area contributed by atoms with Gasteiger partial charge in [0.05, 0.1) is 12.5 Å². The summed E-state index contributed by atoms with van der Waals surface area (Å²) >= 11 is 0. The van der Waals surface area contributed by atoms with Crippen LogP contribution >= 0.6 is 0 Å². The van der Waals surface area contributed by atoms with Crippen molar-refractivity contribution in [3.05, 3.63) is 65.0 Å². The number of hydrogen-bond donors (Lipinski definition) is 1. The SMILES string of the molecule is COC(=O)C(C)NC(=O)COc1ccc2c(=O)c(Oc3ccccc3)coc2c1. The third-order valence-electron chi connectivity index (χ3n) is 3.99. The molecule has 1 atom stereocenters. The molecule has 0 aliphatic rings. The average Bonchev–Trinajstić information content (AvgIpc) is 2.74. The molecule has 0 aliphatic carbocycles. The Morgan fingerprint density at radius 2 is 1.86 bits per heavy atom. The third-order valence-corrected chi connectivity index (χ3v) is 3.99. The number of ether oxygens (including phenoxy) is 3. The molecule has 0 saturated heterocycles. The van der Waals surface area contributed by atoms with Gasteiger partial charge < -0.3 is 23.9 Å². The highest BCUT2D eigenvalue weighted by Gasteiger charge is 2.16. The minimum absolute atomic E-state index is 0.0635. The maximum atomic E-state index is 12.6. The average molecular weight is 397 g/mol. The third kappa shape index (κ3) is 4.92. The van der Waals surface area contributed by atoms with Crippen molar-refractivity contribution in [2.24, 2.45) is 0 Å². The lowest BCUT2D eigenvalue weighted by molar-refractivity contribution is -0.144. The number of esters is 1. The van der Waals surface area contributed by atoms with E-state index < -0.39 is 17.9 Å². The Kier molecular flexibility index (Phi) is 6.13. The minimum Gasteiger partial charge on any atom is -0.484 e. The van der Waals surface area contributed by atoms with Crippen LogP contribution in [0.1, 0.15) is 6.92 Å². The lowest BCUT2D eigenvalue weighted by atomic mass is 10.2. The second-order valence-electron chi connectivity index (χ2n) is 6.10. The number of amides is 1. The van der Waals surface area contributed by atoms with Crippen molar-refractivity contribution in [2.75, 3.05) is 13.7 Å². The van der Waals surface area contributed by atoms with Crippen LogP contribution in [0.5, 0.6) is 17.2 Å². The molecule has 0 saturated carbocycles. The number of fused-ring (bicyclic) bond motifs is 1. The molecule has 2 aromatic carbocycles. The summed E-state index contributed by atoms with van der Waals surface area (Å²) in [6.45, 7) is 1.19. The van der Waals surface area contributed by atoms with Gasteiger partial charge in [-0.2, -0.15) is 0 Å². The Balaban J connectivity index is 1.69. The van der Waals surface area contributed by atoms with Crippen LogP contribution in [0.15, 0.2) is 64.0 Å². The van der Waals surface area contributed by atoms with Gasteiger partial charge in [0.1, 0.15) is 29.4 Å². The van der Waals surface area contributed by atoms with E-state index in [2.05, 4.69) is 10.1 Å². The summed E-state index contributed by atoms with van der Waals surface area (Å²) in [5.74, 6) is -0.131. The van der Waals surface area contributed by atoms with E-state index >= 15 is 0 Å². The maximum absolute atomic E-state index is 12.6. The molecule has 1 aromatic heterocycles. The molecule has 0 bridgehead atoms. The van der Waals surface area contributed by atoms with E-state index in [1.54, 1.807) is 30.3 Å². The summed E-state index contributed by atoms with van der Waals surface area (Å²) in [6, 6.07) is 12.7. The van der Waals surface area contributed by atoms with Crippen LogP contribution in [-0.4, -0.2) is 31.6 Å². The molecule has 8 nitrogen and oxygen atoms in total. The van der Waals surface area contributed by atoms with Gasteiger partial charge in [0.25, 0.3) is 5.91 Å². The van der Waals surface area contributed by atoms with Crippen LogP contribution in [0.4, 0.5) is 0 Å². The first-order valence-corrected chi connectivity index (χ1v) is 8.76. The summed E-state index contributed by atoms with van der Waals surface area (Å²) in [7, 11) is 1.24. The predicted molar refractivity (Wildman–Crippen MR) is 104 cm³/mol. The van der Waals surface area contributed by atoms with Crippen molar-refractivity contribution < 1.29 is 28.2 Å². The summed E-state index contributed by atoms with van der Waals surface area (Å²) in [6.07, 6.45) is 1.23. The van der Waals surface area contributed by atoms with E-state index in [0.717, 1.165) is 0 Å². The van der Waals surface area contributed by atoms with E-state index in [1.807, 2.05) is 6.07 Å². The second-order valence-corrected chi connectivity index (χ2v) is 6.10. The molecule has 1 N–H and O–H groups in total. The minimum atomic E-state index is -0.784. The molecule has 3 rings (SSSR count). The van der Waals surface area contributed by atoms with E-state index in [0.29, 0.717) is 16.9 Å². The standard InChI is InChI=1S/C21H19NO7/c1-13(21(25)26-2)22-19(23)12-27-15-8-9-16-17(10-15)28-11-18(20(16)24)29-14-6-4-3-5-7-14/h3-11,13H,12H2,1-2H3,(H,22,23). The molecule has 3 aromatic rings. The molecule has 0 fully saturated rings. The number of rotatable bonds is 7. The number of para-hydroxylation sites is 1. The summed E-state index contributed by atoms with van der Waals surface area (Å²) in [5.41, 5.74) is -0.0393. The summed E-state index contributed by atoms with van der Waals surface area (Å²) < 4.78 is 21.0. The van der Waals surface area contributed by atoms with Crippen LogP contribution < -0.4 is 20.2 Å². The fraction of sp³-hybridized carbons (Fsp3) is 0.190. The van der Waals surface area contributed by atoms with Crippen molar-refractivity contribution in [1.82, 2.24) is 5.32 Å². The summed E-state index contributed by atoms with van der Waals surface area (Å²) in [5, 5.41) is 2.76. The quantitative estimate of drug-likeness (QED) is 0.611. The van der Waals surface area contributed by atoms with Gasteiger partial charge >= 0.3 is 5.97 Å². The summed E-state index contributed by atoms with van der Waals surface area (Å²) in [4.78, 5) is 35.8. The largest absolute Gasteiger partial charge is 0.484 e. The first kappa shape index (κ1) is 19.9. The van der Waals surface area contributed by atoms with E-state index in [-0.39, 0.29) is 23.4 Å². The molecule has 1 amide bonds. The van der Waals surface area contributed by atoms with Gasteiger partial charge in [0.15, 0.2) is 6.61 Å². The number of carbonyl (C=O) groups is 2. The monoisotopic (exact) mass is 397 g/mol. The van der Waals surface area contributed by atoms with Gasteiger partial charge in [-0.25, -0.2) is 4.79 Å². The zero-order chi connectivity index (χ0) is 20.8. The lowest BCUT2D eigenvalue weighted by Crippen LogP contribution is -2.41. The van der Waals surface area contributed by atoms with Gasteiger partial charge in [0, 0.05) is 6.07 Å². The van der Waals surface area contributed by atoms with Crippen LogP contribution in [0.3, 0.4) is 0 Å². The van der Waals surface area contributed by atoms with E-state index in [1.165, 1.54) is 32.4 Å².